The molecule has 0 aromatic carbocycles. The van der Waals surface area contributed by atoms with Crippen molar-refractivity contribution in [2.24, 2.45) is 0 Å². The van der Waals surface area contributed by atoms with E-state index in [0.717, 1.165) is 10.9 Å². The van der Waals surface area contributed by atoms with Crippen molar-refractivity contribution >= 4 is 35.1 Å². The molecule has 2 heterocycles. The molecule has 0 N–H and O–H groups in total. The van der Waals surface area contributed by atoms with E-state index >= 15 is 0 Å². The summed E-state index contributed by atoms with van der Waals surface area (Å²) in [7, 11) is 0. The molecule has 0 aliphatic rings. The molecule has 0 bridgehead atoms. The van der Waals surface area contributed by atoms with Crippen LogP contribution in [0.25, 0.3) is 11.0 Å². The Morgan fingerprint density at radius 2 is 1.83 bits per heavy atom. The van der Waals surface area contributed by atoms with Gasteiger partial charge in [-0.15, -0.1) is 0 Å². The number of aromatic nitrogens is 2. The molecular weight excluding hydrogens is 310 g/mol. The van der Waals surface area contributed by atoms with Crippen LogP contribution in [0.15, 0.2) is 24.4 Å². The number of amides is 2. The third-order valence-electron chi connectivity index (χ3n) is 3.52. The van der Waals surface area contributed by atoms with E-state index in [1.165, 1.54) is 9.69 Å². The number of carbonyl (C=O) groups is 2. The Kier molecular flexibility index (Phi) is 5.60. The molecule has 0 atom stereocenters. The minimum Gasteiger partial charge on any atom is -0.273 e. The van der Waals surface area contributed by atoms with E-state index in [1.54, 1.807) is 6.20 Å². The van der Waals surface area contributed by atoms with Gasteiger partial charge in [-0.1, -0.05) is 26.1 Å². The Balaban J connectivity index is 2.73. The highest BCUT2D eigenvalue weighted by atomic mass is 32.1. The molecule has 0 spiro atoms. The molecule has 2 amide bonds. The highest BCUT2D eigenvalue weighted by molar-refractivity contribution is 7.71. The van der Waals surface area contributed by atoms with Gasteiger partial charge in [-0.3, -0.25) is 9.59 Å². The lowest BCUT2D eigenvalue weighted by atomic mass is 10.2. The molecule has 5 nitrogen and oxygen atoms in total. The van der Waals surface area contributed by atoms with E-state index in [9.17, 15) is 9.59 Å². The van der Waals surface area contributed by atoms with Gasteiger partial charge in [-0.05, 0) is 43.5 Å². The predicted octanol–water partition coefficient (Wildman–Crippen LogP) is 3.67. The Labute approximate surface area is 140 Å². The van der Waals surface area contributed by atoms with Crippen LogP contribution in [0, 0.1) is 11.6 Å². The number of rotatable bonds is 5. The number of hydrogen-bond acceptors (Lipinski definition) is 4. The number of fused-ring (bicyclic) bond motifs is 1. The molecule has 0 aliphatic heterocycles. The molecular formula is C17H21N3O2S. The van der Waals surface area contributed by atoms with Crippen molar-refractivity contribution in [2.45, 2.75) is 46.5 Å². The third kappa shape index (κ3) is 3.47. The van der Waals surface area contributed by atoms with Gasteiger partial charge in [0, 0.05) is 24.4 Å². The van der Waals surface area contributed by atoms with Gasteiger partial charge in [0.2, 0.25) is 11.8 Å². The molecule has 0 saturated heterocycles. The number of imide groups is 1. The first kappa shape index (κ1) is 17.3. The molecule has 2 aromatic rings. The topological polar surface area (TPSA) is 55.2 Å². The van der Waals surface area contributed by atoms with Crippen LogP contribution < -0.4 is 5.01 Å². The fraction of sp³-hybridized carbons (Fsp3) is 0.412. The zero-order valence-corrected chi connectivity index (χ0v) is 14.5. The van der Waals surface area contributed by atoms with Crippen LogP contribution in [-0.4, -0.2) is 21.5 Å². The van der Waals surface area contributed by atoms with Crippen LogP contribution in [0.1, 0.15) is 45.1 Å². The molecule has 0 saturated carbocycles. The van der Waals surface area contributed by atoms with E-state index in [2.05, 4.69) is 4.98 Å². The van der Waals surface area contributed by atoms with Crippen molar-refractivity contribution < 1.29 is 9.59 Å². The number of pyridine rings is 2. The normalized spacial score (nSPS) is 10.7. The summed E-state index contributed by atoms with van der Waals surface area (Å²) in [5.41, 5.74) is 1.36. The maximum absolute atomic E-state index is 12.6. The summed E-state index contributed by atoms with van der Waals surface area (Å²) in [5, 5.41) is 2.02. The lowest BCUT2D eigenvalue weighted by Gasteiger charge is -2.25. The minimum absolute atomic E-state index is 0.250. The maximum atomic E-state index is 12.6. The first-order valence-corrected chi connectivity index (χ1v) is 8.25. The van der Waals surface area contributed by atoms with E-state index in [0.29, 0.717) is 36.0 Å². The molecule has 122 valence electrons. The third-order valence-corrected chi connectivity index (χ3v) is 4.01. The molecule has 23 heavy (non-hydrogen) atoms. The zero-order chi connectivity index (χ0) is 17.0. The van der Waals surface area contributed by atoms with Crippen molar-refractivity contribution in [1.82, 2.24) is 9.66 Å². The summed E-state index contributed by atoms with van der Waals surface area (Å²) < 4.78 is 1.93. The van der Waals surface area contributed by atoms with Gasteiger partial charge in [0.05, 0.1) is 0 Å². The second-order valence-electron chi connectivity index (χ2n) is 5.46. The maximum Gasteiger partial charge on any atom is 0.248 e. The van der Waals surface area contributed by atoms with Crippen LogP contribution in [0.5, 0.6) is 0 Å². The van der Waals surface area contributed by atoms with Crippen LogP contribution in [0.4, 0.5) is 0 Å². The van der Waals surface area contributed by atoms with E-state index in [-0.39, 0.29) is 11.8 Å². The minimum atomic E-state index is -0.250. The molecule has 0 unspecified atom stereocenters. The van der Waals surface area contributed by atoms with Gasteiger partial charge in [0.1, 0.15) is 4.64 Å². The van der Waals surface area contributed by atoms with Crippen molar-refractivity contribution in [1.29, 1.82) is 0 Å². The lowest BCUT2D eigenvalue weighted by Crippen LogP contribution is -2.46. The van der Waals surface area contributed by atoms with Crippen LogP contribution in [0.2, 0.25) is 0 Å². The Morgan fingerprint density at radius 3 is 2.39 bits per heavy atom. The molecule has 2 rings (SSSR count). The summed E-state index contributed by atoms with van der Waals surface area (Å²) in [6, 6.07) is 5.64. The van der Waals surface area contributed by atoms with Crippen LogP contribution in [-0.2, 0) is 9.59 Å². The molecule has 2 aromatic heterocycles. The predicted molar refractivity (Wildman–Crippen MR) is 93.4 cm³/mol. The molecule has 6 heteroatoms. The van der Waals surface area contributed by atoms with Crippen molar-refractivity contribution in [2.75, 3.05) is 5.01 Å². The van der Waals surface area contributed by atoms with Gasteiger partial charge in [0.15, 0.2) is 5.65 Å². The highest BCUT2D eigenvalue weighted by Crippen LogP contribution is 2.18. The zero-order valence-electron chi connectivity index (χ0n) is 13.7. The van der Waals surface area contributed by atoms with E-state index < -0.39 is 0 Å². The standard InChI is InChI=1S/C17H21N3O2S/c1-4-7-14(21)19(15(22)8-5-2)20-16-13(9-6-10-18-16)11-12(3)17(20)23/h6,9-11H,4-5,7-8H2,1-3H3. The van der Waals surface area contributed by atoms with Gasteiger partial charge in [-0.2, -0.15) is 5.01 Å². The first-order valence-electron chi connectivity index (χ1n) is 7.84. The van der Waals surface area contributed by atoms with Gasteiger partial charge in [0.25, 0.3) is 0 Å². The summed E-state index contributed by atoms with van der Waals surface area (Å²) in [6.07, 6.45) is 3.55. The summed E-state index contributed by atoms with van der Waals surface area (Å²) in [5.74, 6) is -0.501. The fourth-order valence-corrected chi connectivity index (χ4v) is 2.67. The van der Waals surface area contributed by atoms with E-state index in [1.807, 2.05) is 39.0 Å². The number of carbonyl (C=O) groups excluding carboxylic acids is 2. The molecule has 0 radical (unpaired) electrons. The molecule has 0 fully saturated rings. The van der Waals surface area contributed by atoms with Crippen molar-refractivity contribution in [3.05, 3.63) is 34.6 Å². The quantitative estimate of drug-likeness (QED) is 0.785. The summed E-state index contributed by atoms with van der Waals surface area (Å²) in [4.78, 5) is 29.5. The number of aryl methyl sites for hydroxylation is 1. The molecule has 0 aliphatic carbocycles. The van der Waals surface area contributed by atoms with Crippen molar-refractivity contribution in [3.8, 4) is 0 Å². The summed E-state index contributed by atoms with van der Waals surface area (Å²) in [6.45, 7) is 5.69. The number of nitrogens with zero attached hydrogens (tertiary/aromatic N) is 3. The Morgan fingerprint density at radius 1 is 1.22 bits per heavy atom. The monoisotopic (exact) mass is 331 g/mol. The van der Waals surface area contributed by atoms with Gasteiger partial charge < -0.3 is 0 Å². The lowest BCUT2D eigenvalue weighted by molar-refractivity contribution is -0.129. The number of hydrogen-bond donors (Lipinski definition) is 0. The van der Waals surface area contributed by atoms with E-state index in [4.69, 9.17) is 12.2 Å². The largest absolute Gasteiger partial charge is 0.273 e. The highest BCUT2D eigenvalue weighted by Gasteiger charge is 2.24. The first-order chi connectivity index (χ1) is 11.0. The average Bonchev–Trinajstić information content (AvgIpc) is 2.52. The smallest absolute Gasteiger partial charge is 0.248 e. The van der Waals surface area contributed by atoms with Crippen LogP contribution >= 0.6 is 12.2 Å². The Bertz CT molecular complexity index is 780. The Hall–Kier alpha value is -2.08. The second kappa shape index (κ2) is 7.46. The summed E-state index contributed by atoms with van der Waals surface area (Å²) >= 11 is 5.48. The SMILES string of the molecule is CCCC(=O)N(C(=O)CCC)n1c(=S)c(C)cc2cccnc21. The van der Waals surface area contributed by atoms with Crippen LogP contribution in [0.3, 0.4) is 0 Å². The van der Waals surface area contributed by atoms with Gasteiger partial charge >= 0.3 is 0 Å². The second-order valence-corrected chi connectivity index (χ2v) is 5.85. The average molecular weight is 331 g/mol. The van der Waals surface area contributed by atoms with Gasteiger partial charge in [-0.25, -0.2) is 9.66 Å². The fourth-order valence-electron chi connectivity index (χ4n) is 2.44. The van der Waals surface area contributed by atoms with Crippen molar-refractivity contribution in [3.63, 3.8) is 0 Å².